The summed E-state index contributed by atoms with van der Waals surface area (Å²) in [7, 11) is 0. The number of pyridine rings is 1. The summed E-state index contributed by atoms with van der Waals surface area (Å²) < 4.78 is 11.0. The zero-order chi connectivity index (χ0) is 16.2. The van der Waals surface area contributed by atoms with Crippen LogP contribution in [0.3, 0.4) is 0 Å². The number of carbonyl (C=O) groups is 1. The van der Waals surface area contributed by atoms with Gasteiger partial charge in [0.05, 0.1) is 12.7 Å². The predicted octanol–water partition coefficient (Wildman–Crippen LogP) is 2.88. The van der Waals surface area contributed by atoms with Crippen LogP contribution in [0.5, 0.6) is 5.75 Å². The summed E-state index contributed by atoms with van der Waals surface area (Å²) in [4.78, 5) is 18.0. The van der Waals surface area contributed by atoms with E-state index in [1.54, 1.807) is 23.4 Å². The maximum absolute atomic E-state index is 12.3. The number of carbonyl (C=O) groups excluding carboxylic acids is 1. The molecule has 0 bridgehead atoms. The van der Waals surface area contributed by atoms with Gasteiger partial charge >= 0.3 is 6.03 Å². The van der Waals surface area contributed by atoms with Gasteiger partial charge < -0.3 is 14.2 Å². The lowest BCUT2D eigenvalue weighted by Gasteiger charge is -2.16. The Morgan fingerprint density at radius 3 is 3.09 bits per heavy atom. The van der Waals surface area contributed by atoms with Crippen LogP contribution >= 0.6 is 0 Å². The maximum Gasteiger partial charge on any atom is 0.323 e. The van der Waals surface area contributed by atoms with Gasteiger partial charge in [-0.15, -0.1) is 0 Å². The van der Waals surface area contributed by atoms with Crippen molar-refractivity contribution < 1.29 is 14.1 Å². The van der Waals surface area contributed by atoms with Crippen molar-refractivity contribution in [1.82, 2.24) is 15.0 Å². The standard InChI is InChI=1S/C16H20N4O3/c1-11(2)14-8-15(19-23-14)18-16(21)20-7-5-13(10-20)22-12-4-3-6-17-9-12/h3-4,6,8-9,11,13H,5,7,10H2,1-2H3,(H,18,19,21)/t13-/m0/s1. The number of urea groups is 1. The molecule has 0 unspecified atom stereocenters. The third-order valence-electron chi connectivity index (χ3n) is 3.70. The van der Waals surface area contributed by atoms with Crippen LogP contribution in [0.1, 0.15) is 31.9 Å². The molecule has 1 fully saturated rings. The smallest absolute Gasteiger partial charge is 0.323 e. The molecule has 2 aromatic heterocycles. The van der Waals surface area contributed by atoms with Gasteiger partial charge in [-0.25, -0.2) is 4.79 Å². The first-order chi connectivity index (χ1) is 11.1. The van der Waals surface area contributed by atoms with Crippen molar-refractivity contribution in [3.8, 4) is 5.75 Å². The van der Waals surface area contributed by atoms with Gasteiger partial charge in [0.2, 0.25) is 0 Å². The molecule has 0 aromatic carbocycles. The summed E-state index contributed by atoms with van der Waals surface area (Å²) in [6, 6.07) is 5.25. The number of aromatic nitrogens is 2. The molecular weight excluding hydrogens is 296 g/mol. The van der Waals surface area contributed by atoms with Gasteiger partial charge in [0.25, 0.3) is 0 Å². The Bertz CT molecular complexity index is 656. The van der Waals surface area contributed by atoms with Gasteiger partial charge in [-0.3, -0.25) is 10.3 Å². The minimum atomic E-state index is -0.189. The van der Waals surface area contributed by atoms with Crippen LogP contribution in [-0.4, -0.2) is 40.3 Å². The Morgan fingerprint density at radius 2 is 2.39 bits per heavy atom. The lowest BCUT2D eigenvalue weighted by atomic mass is 10.2. The van der Waals surface area contributed by atoms with E-state index in [1.807, 2.05) is 26.0 Å². The third kappa shape index (κ3) is 3.80. The first-order valence-corrected chi connectivity index (χ1v) is 7.71. The highest BCUT2D eigenvalue weighted by molar-refractivity contribution is 5.88. The largest absolute Gasteiger partial charge is 0.487 e. The number of likely N-dealkylation sites (tertiary alicyclic amines) is 1. The molecule has 1 atom stereocenters. The summed E-state index contributed by atoms with van der Waals surface area (Å²) in [5.74, 6) is 2.14. The topological polar surface area (TPSA) is 80.5 Å². The van der Waals surface area contributed by atoms with E-state index >= 15 is 0 Å². The number of hydrogen-bond donors (Lipinski definition) is 1. The summed E-state index contributed by atoms with van der Waals surface area (Å²) in [6.45, 7) is 5.20. The van der Waals surface area contributed by atoms with E-state index in [0.29, 0.717) is 18.9 Å². The molecule has 0 aliphatic carbocycles. The second-order valence-electron chi connectivity index (χ2n) is 5.86. The first kappa shape index (κ1) is 15.3. The monoisotopic (exact) mass is 316 g/mol. The molecule has 2 amide bonds. The first-order valence-electron chi connectivity index (χ1n) is 7.71. The number of amides is 2. The van der Waals surface area contributed by atoms with E-state index in [9.17, 15) is 4.79 Å². The normalized spacial score (nSPS) is 17.5. The Labute approximate surface area is 134 Å². The number of nitrogens with one attached hydrogen (secondary N) is 1. The van der Waals surface area contributed by atoms with Crippen molar-refractivity contribution in [1.29, 1.82) is 0 Å². The number of rotatable bonds is 4. The minimum absolute atomic E-state index is 0.0199. The van der Waals surface area contributed by atoms with Gasteiger partial charge in [0.15, 0.2) is 5.82 Å². The lowest BCUT2D eigenvalue weighted by molar-refractivity contribution is 0.194. The summed E-state index contributed by atoms with van der Waals surface area (Å²) >= 11 is 0. The Kier molecular flexibility index (Phi) is 4.45. The van der Waals surface area contributed by atoms with Gasteiger partial charge in [-0.2, -0.15) is 0 Å². The van der Waals surface area contributed by atoms with E-state index in [1.165, 1.54) is 0 Å². The minimum Gasteiger partial charge on any atom is -0.487 e. The lowest BCUT2D eigenvalue weighted by Crippen LogP contribution is -2.34. The van der Waals surface area contributed by atoms with Crippen molar-refractivity contribution in [2.45, 2.75) is 32.3 Å². The SMILES string of the molecule is CC(C)c1cc(NC(=O)N2CC[C@H](Oc3cccnc3)C2)no1. The number of hydrogen-bond acceptors (Lipinski definition) is 5. The maximum atomic E-state index is 12.3. The van der Waals surface area contributed by atoms with E-state index in [0.717, 1.165) is 17.9 Å². The molecule has 1 aliphatic heterocycles. The third-order valence-corrected chi connectivity index (χ3v) is 3.70. The van der Waals surface area contributed by atoms with E-state index < -0.39 is 0 Å². The highest BCUT2D eigenvalue weighted by Crippen LogP contribution is 2.20. The highest BCUT2D eigenvalue weighted by atomic mass is 16.5. The molecule has 7 heteroatoms. The fourth-order valence-electron chi connectivity index (χ4n) is 2.43. The zero-order valence-electron chi connectivity index (χ0n) is 13.2. The number of ether oxygens (including phenoxy) is 1. The van der Waals surface area contributed by atoms with Gasteiger partial charge in [0.1, 0.15) is 17.6 Å². The second kappa shape index (κ2) is 6.68. The molecule has 7 nitrogen and oxygen atoms in total. The zero-order valence-corrected chi connectivity index (χ0v) is 13.2. The van der Waals surface area contributed by atoms with Crippen molar-refractivity contribution in [3.05, 3.63) is 36.4 Å². The summed E-state index contributed by atoms with van der Waals surface area (Å²) in [5.41, 5.74) is 0. The van der Waals surface area contributed by atoms with Crippen LogP contribution in [-0.2, 0) is 0 Å². The van der Waals surface area contributed by atoms with Crippen LogP contribution in [0, 0.1) is 0 Å². The summed E-state index contributed by atoms with van der Waals surface area (Å²) in [5, 5.41) is 6.62. The predicted molar refractivity (Wildman–Crippen MR) is 84.5 cm³/mol. The number of anilines is 1. The average molecular weight is 316 g/mol. The fraction of sp³-hybridized carbons (Fsp3) is 0.438. The van der Waals surface area contributed by atoms with Crippen LogP contribution in [0.2, 0.25) is 0 Å². The molecule has 1 saturated heterocycles. The van der Waals surface area contributed by atoms with E-state index in [4.69, 9.17) is 9.26 Å². The number of nitrogens with zero attached hydrogens (tertiary/aromatic N) is 3. The molecule has 1 N–H and O–H groups in total. The molecule has 23 heavy (non-hydrogen) atoms. The molecule has 0 spiro atoms. The summed E-state index contributed by atoms with van der Waals surface area (Å²) in [6.07, 6.45) is 4.14. The Balaban J connectivity index is 1.52. The molecular formula is C16H20N4O3. The van der Waals surface area contributed by atoms with Gasteiger partial charge in [0, 0.05) is 31.1 Å². The van der Waals surface area contributed by atoms with Crippen molar-refractivity contribution in [3.63, 3.8) is 0 Å². The van der Waals surface area contributed by atoms with Crippen LogP contribution in [0.4, 0.5) is 10.6 Å². The molecule has 0 saturated carbocycles. The van der Waals surface area contributed by atoms with Crippen LogP contribution < -0.4 is 10.1 Å². The van der Waals surface area contributed by atoms with Crippen LogP contribution in [0.25, 0.3) is 0 Å². The molecule has 2 aromatic rings. The molecule has 1 aliphatic rings. The second-order valence-corrected chi connectivity index (χ2v) is 5.86. The van der Waals surface area contributed by atoms with E-state index in [-0.39, 0.29) is 18.1 Å². The Hall–Kier alpha value is -2.57. The van der Waals surface area contributed by atoms with Crippen molar-refractivity contribution in [2.75, 3.05) is 18.4 Å². The molecule has 122 valence electrons. The van der Waals surface area contributed by atoms with Gasteiger partial charge in [-0.1, -0.05) is 19.0 Å². The quantitative estimate of drug-likeness (QED) is 0.938. The highest BCUT2D eigenvalue weighted by Gasteiger charge is 2.28. The molecule has 3 rings (SSSR count). The van der Waals surface area contributed by atoms with Crippen molar-refractivity contribution >= 4 is 11.8 Å². The molecule has 3 heterocycles. The van der Waals surface area contributed by atoms with Gasteiger partial charge in [-0.05, 0) is 12.1 Å². The molecule has 0 radical (unpaired) electrons. The van der Waals surface area contributed by atoms with E-state index in [2.05, 4.69) is 15.5 Å². The average Bonchev–Trinajstić information content (AvgIpc) is 3.18. The van der Waals surface area contributed by atoms with Crippen molar-refractivity contribution in [2.24, 2.45) is 0 Å². The van der Waals surface area contributed by atoms with Crippen LogP contribution in [0.15, 0.2) is 35.1 Å². The fourth-order valence-corrected chi connectivity index (χ4v) is 2.43. The Morgan fingerprint density at radius 1 is 1.52 bits per heavy atom.